The van der Waals surface area contributed by atoms with Gasteiger partial charge in [-0.3, -0.25) is 0 Å². The minimum absolute atomic E-state index is 0.492. The first-order valence-electron chi connectivity index (χ1n) is 8.72. The van der Waals surface area contributed by atoms with Crippen LogP contribution in [-0.4, -0.2) is 59.4 Å². The van der Waals surface area contributed by atoms with Crippen molar-refractivity contribution in [3.63, 3.8) is 0 Å². The number of thiocarbonyl (C=S) groups is 2. The third-order valence-electron chi connectivity index (χ3n) is 4.02. The topological polar surface area (TPSA) is 48.1 Å². The summed E-state index contributed by atoms with van der Waals surface area (Å²) >= 11 is 14.5. The lowest BCUT2D eigenvalue weighted by atomic mass is 9.91. The zero-order valence-corrected chi connectivity index (χ0v) is 18.1. The Labute approximate surface area is 166 Å². The lowest BCUT2D eigenvalue weighted by Gasteiger charge is -2.31. The van der Waals surface area contributed by atoms with Gasteiger partial charge in [-0.25, -0.2) is 0 Å². The van der Waals surface area contributed by atoms with Crippen LogP contribution in [0.2, 0.25) is 0 Å². The van der Waals surface area contributed by atoms with E-state index < -0.39 is 0 Å². The summed E-state index contributed by atoms with van der Waals surface area (Å²) in [4.78, 5) is 0. The van der Waals surface area contributed by atoms with Crippen LogP contribution in [0.5, 0.6) is 0 Å². The first-order chi connectivity index (χ1) is 11.7. The van der Waals surface area contributed by atoms with Gasteiger partial charge >= 0.3 is 0 Å². The van der Waals surface area contributed by atoms with Gasteiger partial charge in [-0.1, -0.05) is 0 Å². The van der Waals surface area contributed by atoms with E-state index in [0.29, 0.717) is 12.1 Å². The van der Waals surface area contributed by atoms with Crippen molar-refractivity contribution in [2.24, 2.45) is 0 Å². The molecule has 1 aliphatic carbocycles. The van der Waals surface area contributed by atoms with Gasteiger partial charge in [-0.05, 0) is 87.0 Å². The molecule has 0 aromatic rings. The monoisotopic (exact) mass is 408 g/mol. The van der Waals surface area contributed by atoms with Crippen molar-refractivity contribution in [2.45, 2.75) is 50.6 Å². The maximum absolute atomic E-state index is 5.38. The Balaban J connectivity index is 2.08. The predicted molar refractivity (Wildman–Crippen MR) is 120 cm³/mol. The summed E-state index contributed by atoms with van der Waals surface area (Å²) in [6.07, 6.45) is 11.1. The largest absolute Gasteiger partial charge is 0.363 e. The fourth-order valence-corrected chi connectivity index (χ4v) is 4.10. The van der Waals surface area contributed by atoms with Gasteiger partial charge in [0.25, 0.3) is 0 Å². The standard InChI is InChI=1S/C16H32N4S4/c1-23-11-3-9-17-15(21)19-13-5-7-14(8-6-13)20-16(22)18-10-4-12-24-2/h13-14H,3-12H2,1-2H3,(H2,17,19,21)(H2,18,20,22). The molecule has 1 rings (SSSR count). The summed E-state index contributed by atoms with van der Waals surface area (Å²) in [5.41, 5.74) is 0. The average molecular weight is 409 g/mol. The van der Waals surface area contributed by atoms with Gasteiger partial charge in [-0.15, -0.1) is 0 Å². The molecule has 1 saturated carbocycles. The molecule has 0 aromatic heterocycles. The lowest BCUT2D eigenvalue weighted by molar-refractivity contribution is 0.353. The van der Waals surface area contributed by atoms with E-state index in [-0.39, 0.29) is 0 Å². The Hall–Kier alpha value is 0.0800. The summed E-state index contributed by atoms with van der Waals surface area (Å²) in [6.45, 7) is 1.92. The summed E-state index contributed by atoms with van der Waals surface area (Å²) < 4.78 is 0. The molecule has 24 heavy (non-hydrogen) atoms. The number of hydrogen-bond donors (Lipinski definition) is 4. The molecule has 0 unspecified atom stereocenters. The van der Waals surface area contributed by atoms with Crippen LogP contribution in [0.15, 0.2) is 0 Å². The second-order valence-electron chi connectivity index (χ2n) is 6.04. The number of nitrogens with one attached hydrogen (secondary N) is 4. The number of rotatable bonds is 10. The number of thioether (sulfide) groups is 2. The third kappa shape index (κ3) is 10.8. The fraction of sp³-hybridized carbons (Fsp3) is 0.875. The predicted octanol–water partition coefficient (Wildman–Crippen LogP) is 2.73. The molecule has 0 atom stereocenters. The smallest absolute Gasteiger partial charge is 0.166 e. The van der Waals surface area contributed by atoms with E-state index >= 15 is 0 Å². The maximum Gasteiger partial charge on any atom is 0.166 e. The molecule has 4 nitrogen and oxygen atoms in total. The second kappa shape index (κ2) is 14.3. The van der Waals surface area contributed by atoms with E-state index in [1.165, 1.54) is 11.5 Å². The van der Waals surface area contributed by atoms with Crippen LogP contribution in [0.3, 0.4) is 0 Å². The van der Waals surface area contributed by atoms with Crippen LogP contribution in [0.4, 0.5) is 0 Å². The highest BCUT2D eigenvalue weighted by molar-refractivity contribution is 7.98. The van der Waals surface area contributed by atoms with E-state index in [2.05, 4.69) is 33.8 Å². The molecule has 0 heterocycles. The summed E-state index contributed by atoms with van der Waals surface area (Å²) in [5.74, 6) is 2.36. The molecule has 0 saturated heterocycles. The molecule has 0 aromatic carbocycles. The number of hydrogen-bond acceptors (Lipinski definition) is 4. The molecule has 0 bridgehead atoms. The van der Waals surface area contributed by atoms with Crippen LogP contribution in [0, 0.1) is 0 Å². The molecule has 4 N–H and O–H groups in total. The molecule has 1 fully saturated rings. The van der Waals surface area contributed by atoms with Crippen LogP contribution in [0.1, 0.15) is 38.5 Å². The first kappa shape index (κ1) is 22.1. The highest BCUT2D eigenvalue weighted by Gasteiger charge is 2.21. The molecule has 1 aliphatic rings. The van der Waals surface area contributed by atoms with Gasteiger partial charge in [0.1, 0.15) is 0 Å². The van der Waals surface area contributed by atoms with Gasteiger partial charge in [-0.2, -0.15) is 23.5 Å². The Morgan fingerprint density at radius 3 is 1.50 bits per heavy atom. The Morgan fingerprint density at radius 1 is 0.792 bits per heavy atom. The van der Waals surface area contributed by atoms with Crippen LogP contribution in [-0.2, 0) is 0 Å². The van der Waals surface area contributed by atoms with Crippen molar-refractivity contribution >= 4 is 58.2 Å². The van der Waals surface area contributed by atoms with Crippen LogP contribution < -0.4 is 21.3 Å². The Kier molecular flexibility index (Phi) is 13.2. The van der Waals surface area contributed by atoms with E-state index in [9.17, 15) is 0 Å². The fourth-order valence-electron chi connectivity index (χ4n) is 2.69. The molecular weight excluding hydrogens is 376 g/mol. The summed E-state index contributed by atoms with van der Waals surface area (Å²) in [5, 5.41) is 15.1. The van der Waals surface area contributed by atoms with Crippen molar-refractivity contribution in [3.8, 4) is 0 Å². The van der Waals surface area contributed by atoms with Gasteiger partial charge < -0.3 is 21.3 Å². The quantitative estimate of drug-likeness (QED) is 0.325. The van der Waals surface area contributed by atoms with Crippen molar-refractivity contribution in [2.75, 3.05) is 37.1 Å². The van der Waals surface area contributed by atoms with Crippen LogP contribution >= 0.6 is 48.0 Å². The first-order valence-corrected chi connectivity index (χ1v) is 12.3. The molecule has 8 heteroatoms. The zero-order valence-electron chi connectivity index (χ0n) is 14.9. The maximum atomic E-state index is 5.38. The minimum atomic E-state index is 0.492. The Morgan fingerprint density at radius 2 is 1.17 bits per heavy atom. The third-order valence-corrected chi connectivity index (χ3v) is 5.94. The highest BCUT2D eigenvalue weighted by atomic mass is 32.2. The van der Waals surface area contributed by atoms with Crippen LogP contribution in [0.25, 0.3) is 0 Å². The molecule has 0 radical (unpaired) electrons. The minimum Gasteiger partial charge on any atom is -0.363 e. The summed E-state index contributed by atoms with van der Waals surface area (Å²) in [7, 11) is 0. The SMILES string of the molecule is CSCCCNC(=S)NC1CCC(NC(=S)NCCCSC)CC1. The van der Waals surface area contributed by atoms with Gasteiger partial charge in [0.05, 0.1) is 0 Å². The van der Waals surface area contributed by atoms with Crippen molar-refractivity contribution < 1.29 is 0 Å². The van der Waals surface area contributed by atoms with E-state index in [4.69, 9.17) is 24.4 Å². The van der Waals surface area contributed by atoms with Gasteiger partial charge in [0.15, 0.2) is 10.2 Å². The molecule has 140 valence electrons. The van der Waals surface area contributed by atoms with Crippen molar-refractivity contribution in [3.05, 3.63) is 0 Å². The van der Waals surface area contributed by atoms with Crippen molar-refractivity contribution in [1.29, 1.82) is 0 Å². The zero-order chi connectivity index (χ0) is 17.6. The second-order valence-corrected chi connectivity index (χ2v) is 8.83. The van der Waals surface area contributed by atoms with E-state index in [1.54, 1.807) is 0 Å². The highest BCUT2D eigenvalue weighted by Crippen LogP contribution is 2.18. The molecule has 0 spiro atoms. The van der Waals surface area contributed by atoms with E-state index in [1.807, 2.05) is 23.5 Å². The molecule has 0 amide bonds. The molecular formula is C16H32N4S4. The van der Waals surface area contributed by atoms with Gasteiger partial charge in [0.2, 0.25) is 0 Å². The van der Waals surface area contributed by atoms with E-state index in [0.717, 1.165) is 61.8 Å². The van der Waals surface area contributed by atoms with Crippen molar-refractivity contribution in [1.82, 2.24) is 21.3 Å². The molecule has 0 aliphatic heterocycles. The average Bonchev–Trinajstić information content (AvgIpc) is 2.57. The Bertz CT molecular complexity index is 326. The summed E-state index contributed by atoms with van der Waals surface area (Å²) in [6, 6.07) is 0.985. The lowest BCUT2D eigenvalue weighted by Crippen LogP contribution is -2.48. The van der Waals surface area contributed by atoms with Gasteiger partial charge in [0, 0.05) is 25.2 Å². The normalized spacial score (nSPS) is 20.2.